The Hall–Kier alpha value is -2.14. The summed E-state index contributed by atoms with van der Waals surface area (Å²) in [6, 6.07) is 4.30. The van der Waals surface area contributed by atoms with E-state index in [1.165, 1.54) is 25.2 Å². The monoisotopic (exact) mass is 364 g/mol. The number of hydrogen-bond donors (Lipinski definition) is 1. The number of sulfone groups is 1. The molecule has 0 radical (unpaired) electrons. The van der Waals surface area contributed by atoms with Gasteiger partial charge in [0.05, 0.1) is 17.5 Å². The van der Waals surface area contributed by atoms with E-state index in [1.54, 1.807) is 0 Å². The lowest BCUT2D eigenvalue weighted by molar-refractivity contribution is -0.141. The molecule has 132 valence electrons. The van der Waals surface area contributed by atoms with Crippen molar-refractivity contribution in [2.75, 3.05) is 12.0 Å². The Kier molecular flexibility index (Phi) is 4.85. The number of nitrogens with two attached hydrogens (primary N) is 1. The molecule has 2 aromatic heterocycles. The van der Waals surface area contributed by atoms with E-state index in [4.69, 9.17) is 10.5 Å². The molecular weight excluding hydrogens is 349 g/mol. The molecule has 24 heavy (non-hydrogen) atoms. The Morgan fingerprint density at radius 3 is 2.58 bits per heavy atom. The summed E-state index contributed by atoms with van der Waals surface area (Å²) >= 11 is 0. The zero-order valence-electron chi connectivity index (χ0n) is 12.8. The van der Waals surface area contributed by atoms with E-state index in [9.17, 15) is 21.6 Å². The molecule has 0 spiro atoms. The third kappa shape index (κ3) is 4.68. The first-order valence-corrected chi connectivity index (χ1v) is 8.71. The van der Waals surface area contributed by atoms with E-state index < -0.39 is 27.7 Å². The molecule has 1 atom stereocenters. The molecule has 0 bridgehead atoms. The van der Waals surface area contributed by atoms with Crippen molar-refractivity contribution in [3.8, 4) is 11.8 Å². The van der Waals surface area contributed by atoms with Crippen molar-refractivity contribution < 1.29 is 26.3 Å². The minimum absolute atomic E-state index is 0.0202. The Bertz CT molecular complexity index is 833. The first kappa shape index (κ1) is 18.2. The van der Waals surface area contributed by atoms with Crippen molar-refractivity contribution in [1.82, 2.24) is 14.8 Å². The molecule has 0 fully saturated rings. The zero-order chi connectivity index (χ0) is 18.1. The van der Waals surface area contributed by atoms with Crippen LogP contribution in [0.3, 0.4) is 0 Å². The van der Waals surface area contributed by atoms with E-state index >= 15 is 0 Å². The summed E-state index contributed by atoms with van der Waals surface area (Å²) in [5, 5.41) is 3.32. The minimum atomic E-state index is -4.59. The van der Waals surface area contributed by atoms with Gasteiger partial charge in [-0.15, -0.1) is 0 Å². The van der Waals surface area contributed by atoms with Crippen LogP contribution in [0, 0.1) is 0 Å². The Labute approximate surface area is 136 Å². The standard InChI is InChI=1S/C13H15F3N4O3S/c1-20-12(6-10(19-20)13(14,15)16)23-11-5-3-4-9(18-11)8(17)7-24(2,21)22/h3-6,8H,7,17H2,1-2H3. The molecule has 0 saturated heterocycles. The number of nitrogens with zero attached hydrogens (tertiary/aromatic N) is 3. The topological polar surface area (TPSA) is 100 Å². The van der Waals surface area contributed by atoms with Gasteiger partial charge in [0.25, 0.3) is 0 Å². The first-order valence-electron chi connectivity index (χ1n) is 6.65. The Morgan fingerprint density at radius 2 is 2.04 bits per heavy atom. The number of pyridine rings is 1. The smallest absolute Gasteiger partial charge is 0.421 e. The maximum absolute atomic E-state index is 12.6. The summed E-state index contributed by atoms with van der Waals surface area (Å²) in [5.74, 6) is -0.496. The van der Waals surface area contributed by atoms with Gasteiger partial charge in [0, 0.05) is 25.4 Å². The molecular formula is C13H15F3N4O3S. The molecule has 2 heterocycles. The molecule has 0 aliphatic heterocycles. The fourth-order valence-corrected chi connectivity index (χ4v) is 2.72. The van der Waals surface area contributed by atoms with Crippen LogP contribution in [0.25, 0.3) is 0 Å². The summed E-state index contributed by atoms with van der Waals surface area (Å²) in [6.45, 7) is 0. The Balaban J connectivity index is 2.23. The molecule has 0 aromatic carbocycles. The fourth-order valence-electron chi connectivity index (χ4n) is 1.90. The van der Waals surface area contributed by atoms with Crippen LogP contribution < -0.4 is 10.5 Å². The van der Waals surface area contributed by atoms with Crippen LogP contribution in [0.2, 0.25) is 0 Å². The summed E-state index contributed by atoms with van der Waals surface area (Å²) in [4.78, 5) is 4.03. The predicted molar refractivity (Wildman–Crippen MR) is 79.2 cm³/mol. The van der Waals surface area contributed by atoms with Crippen LogP contribution in [0.15, 0.2) is 24.3 Å². The quantitative estimate of drug-likeness (QED) is 0.866. The number of ether oxygens (including phenoxy) is 1. The number of halogens is 3. The van der Waals surface area contributed by atoms with E-state index in [0.717, 1.165) is 17.0 Å². The zero-order valence-corrected chi connectivity index (χ0v) is 13.6. The van der Waals surface area contributed by atoms with Gasteiger partial charge in [0.2, 0.25) is 11.8 Å². The number of aryl methyl sites for hydroxylation is 1. The van der Waals surface area contributed by atoms with Gasteiger partial charge in [-0.2, -0.15) is 18.3 Å². The van der Waals surface area contributed by atoms with Crippen molar-refractivity contribution in [2.24, 2.45) is 12.8 Å². The van der Waals surface area contributed by atoms with Crippen LogP contribution >= 0.6 is 0 Å². The first-order chi connectivity index (χ1) is 11.0. The highest BCUT2D eigenvalue weighted by Crippen LogP contribution is 2.31. The van der Waals surface area contributed by atoms with Crippen molar-refractivity contribution in [1.29, 1.82) is 0 Å². The molecule has 11 heteroatoms. The number of rotatable bonds is 5. The molecule has 0 aliphatic carbocycles. The van der Waals surface area contributed by atoms with Crippen LogP contribution in [-0.4, -0.2) is 35.2 Å². The van der Waals surface area contributed by atoms with Gasteiger partial charge in [0.15, 0.2) is 5.69 Å². The second-order valence-corrected chi connectivity index (χ2v) is 7.38. The highest BCUT2D eigenvalue weighted by atomic mass is 32.2. The normalized spacial score (nSPS) is 13.8. The lowest BCUT2D eigenvalue weighted by Gasteiger charge is -2.11. The number of aromatic nitrogens is 3. The van der Waals surface area contributed by atoms with Gasteiger partial charge < -0.3 is 10.5 Å². The van der Waals surface area contributed by atoms with Gasteiger partial charge in [-0.3, -0.25) is 0 Å². The third-order valence-corrected chi connectivity index (χ3v) is 3.91. The second-order valence-electron chi connectivity index (χ2n) is 5.19. The SMILES string of the molecule is Cn1nc(C(F)(F)F)cc1Oc1cccc(C(N)CS(C)(=O)=O)n1. The van der Waals surface area contributed by atoms with Gasteiger partial charge >= 0.3 is 6.18 Å². The molecule has 2 aromatic rings. The summed E-state index contributed by atoms with van der Waals surface area (Å²) in [7, 11) is -2.01. The Morgan fingerprint density at radius 1 is 1.38 bits per heavy atom. The summed E-state index contributed by atoms with van der Waals surface area (Å²) in [5.41, 5.74) is 4.92. The summed E-state index contributed by atoms with van der Waals surface area (Å²) < 4.78 is 66.6. The molecule has 0 saturated carbocycles. The maximum atomic E-state index is 12.6. The molecule has 0 amide bonds. The number of alkyl halides is 3. The molecule has 1 unspecified atom stereocenters. The van der Waals surface area contributed by atoms with Gasteiger partial charge in [-0.1, -0.05) is 6.07 Å². The van der Waals surface area contributed by atoms with Crippen LogP contribution in [0.4, 0.5) is 13.2 Å². The molecule has 7 nitrogen and oxygen atoms in total. The molecule has 2 rings (SSSR count). The minimum Gasteiger partial charge on any atom is -0.421 e. The fraction of sp³-hybridized carbons (Fsp3) is 0.385. The average molecular weight is 364 g/mol. The van der Waals surface area contributed by atoms with Gasteiger partial charge in [-0.05, 0) is 6.07 Å². The molecule has 0 aliphatic rings. The van der Waals surface area contributed by atoms with Crippen molar-refractivity contribution in [2.45, 2.75) is 12.2 Å². The van der Waals surface area contributed by atoms with Crippen LogP contribution in [0.5, 0.6) is 11.8 Å². The van der Waals surface area contributed by atoms with Crippen LogP contribution in [0.1, 0.15) is 17.4 Å². The van der Waals surface area contributed by atoms with Crippen molar-refractivity contribution in [3.05, 3.63) is 35.7 Å². The maximum Gasteiger partial charge on any atom is 0.435 e. The van der Waals surface area contributed by atoms with E-state index in [-0.39, 0.29) is 23.2 Å². The van der Waals surface area contributed by atoms with Crippen molar-refractivity contribution in [3.63, 3.8) is 0 Å². The lowest BCUT2D eigenvalue weighted by Crippen LogP contribution is -2.21. The van der Waals surface area contributed by atoms with E-state index in [2.05, 4.69) is 10.1 Å². The van der Waals surface area contributed by atoms with Crippen molar-refractivity contribution >= 4 is 9.84 Å². The summed E-state index contributed by atoms with van der Waals surface area (Å²) in [6.07, 6.45) is -3.55. The predicted octanol–water partition coefficient (Wildman–Crippen LogP) is 1.67. The van der Waals surface area contributed by atoms with Crippen LogP contribution in [-0.2, 0) is 23.1 Å². The molecule has 2 N–H and O–H groups in total. The van der Waals surface area contributed by atoms with E-state index in [1.807, 2.05) is 0 Å². The van der Waals surface area contributed by atoms with E-state index in [0.29, 0.717) is 0 Å². The third-order valence-electron chi connectivity index (χ3n) is 2.94. The number of hydrogen-bond acceptors (Lipinski definition) is 6. The lowest BCUT2D eigenvalue weighted by atomic mass is 10.2. The van der Waals surface area contributed by atoms with Gasteiger partial charge in [0.1, 0.15) is 9.84 Å². The highest BCUT2D eigenvalue weighted by molar-refractivity contribution is 7.90. The second kappa shape index (κ2) is 6.40. The largest absolute Gasteiger partial charge is 0.435 e. The highest BCUT2D eigenvalue weighted by Gasteiger charge is 2.35. The van der Waals surface area contributed by atoms with Gasteiger partial charge in [-0.25, -0.2) is 18.1 Å². The average Bonchev–Trinajstić information content (AvgIpc) is 2.79.